The topological polar surface area (TPSA) is 116 Å². The summed E-state index contributed by atoms with van der Waals surface area (Å²) in [7, 11) is 2.87. The van der Waals surface area contributed by atoms with E-state index in [2.05, 4.69) is 0 Å². The van der Waals surface area contributed by atoms with Crippen LogP contribution in [0, 0.1) is 0 Å². The summed E-state index contributed by atoms with van der Waals surface area (Å²) >= 11 is 0. The number of amides is 1. The van der Waals surface area contributed by atoms with E-state index in [0.717, 1.165) is 4.90 Å². The fourth-order valence-electron chi connectivity index (χ4n) is 2.68. The normalized spacial score (nSPS) is 17.2. The SMILES string of the molecule is COc1ccc(C2C(C(C)=O)=C(O)C(=O)N2CC(=O)[O-])cc1OC. The number of carbonyl (C=O) groups is 3. The van der Waals surface area contributed by atoms with Crippen LogP contribution in [0.1, 0.15) is 18.5 Å². The van der Waals surface area contributed by atoms with Gasteiger partial charge in [0.15, 0.2) is 23.0 Å². The van der Waals surface area contributed by atoms with Crippen molar-refractivity contribution in [1.29, 1.82) is 0 Å². The molecule has 1 amide bonds. The zero-order chi connectivity index (χ0) is 18.0. The van der Waals surface area contributed by atoms with Gasteiger partial charge in [-0.25, -0.2) is 0 Å². The summed E-state index contributed by atoms with van der Waals surface area (Å²) in [4.78, 5) is 35.8. The molecule has 128 valence electrons. The lowest BCUT2D eigenvalue weighted by Crippen LogP contribution is -2.41. The van der Waals surface area contributed by atoms with Crippen molar-refractivity contribution in [3.8, 4) is 11.5 Å². The molecule has 1 unspecified atom stereocenters. The maximum absolute atomic E-state index is 12.1. The number of carboxylic acid groups (broad SMARTS) is 1. The molecule has 1 aromatic rings. The van der Waals surface area contributed by atoms with Crippen LogP contribution in [0.4, 0.5) is 0 Å². The number of aliphatic hydroxyl groups excluding tert-OH is 1. The Labute approximate surface area is 137 Å². The molecule has 1 N–H and O–H groups in total. The molecule has 0 saturated heterocycles. The standard InChI is InChI=1S/C16H17NO7/c1-8(18)13-14(17(7-12(19)20)16(22)15(13)21)9-4-5-10(23-2)11(6-9)24-3/h4-6,14,21H,7H2,1-3H3,(H,19,20)/p-1. The Kier molecular flexibility index (Phi) is 4.77. The number of carboxylic acids is 1. The highest BCUT2D eigenvalue weighted by atomic mass is 16.5. The molecule has 24 heavy (non-hydrogen) atoms. The van der Waals surface area contributed by atoms with E-state index >= 15 is 0 Å². The highest BCUT2D eigenvalue weighted by Gasteiger charge is 2.42. The van der Waals surface area contributed by atoms with Gasteiger partial charge in [-0.1, -0.05) is 6.07 Å². The Morgan fingerprint density at radius 1 is 1.25 bits per heavy atom. The fourth-order valence-corrected chi connectivity index (χ4v) is 2.68. The van der Waals surface area contributed by atoms with Gasteiger partial charge < -0.3 is 29.4 Å². The van der Waals surface area contributed by atoms with E-state index in [1.165, 1.54) is 27.2 Å². The van der Waals surface area contributed by atoms with Gasteiger partial charge in [-0.3, -0.25) is 9.59 Å². The van der Waals surface area contributed by atoms with Gasteiger partial charge in [0.1, 0.15) is 0 Å². The molecule has 0 aromatic heterocycles. The second-order valence-electron chi connectivity index (χ2n) is 5.14. The maximum atomic E-state index is 12.1. The van der Waals surface area contributed by atoms with E-state index in [1.54, 1.807) is 12.1 Å². The van der Waals surface area contributed by atoms with Crippen molar-refractivity contribution in [3.05, 3.63) is 35.1 Å². The van der Waals surface area contributed by atoms with Crippen LogP contribution in [-0.4, -0.2) is 48.4 Å². The number of Topliss-reactive ketones (excluding diaryl/α,β-unsaturated/α-hetero) is 1. The molecular weight excluding hydrogens is 318 g/mol. The summed E-state index contributed by atoms with van der Waals surface area (Å²) in [5.74, 6) is -2.99. The molecule has 1 heterocycles. The number of methoxy groups -OCH3 is 2. The van der Waals surface area contributed by atoms with Gasteiger partial charge in [-0.15, -0.1) is 0 Å². The zero-order valence-corrected chi connectivity index (χ0v) is 13.4. The average molecular weight is 334 g/mol. The predicted octanol–water partition coefficient (Wildman–Crippen LogP) is -0.262. The first-order chi connectivity index (χ1) is 11.3. The predicted molar refractivity (Wildman–Crippen MR) is 79.3 cm³/mol. The minimum atomic E-state index is -1.51. The average Bonchev–Trinajstić information content (AvgIpc) is 2.78. The molecule has 1 aromatic carbocycles. The number of hydrogen-bond donors (Lipinski definition) is 1. The number of benzene rings is 1. The van der Waals surface area contributed by atoms with Crippen molar-refractivity contribution in [2.45, 2.75) is 13.0 Å². The summed E-state index contributed by atoms with van der Waals surface area (Å²) in [5, 5.41) is 20.9. The van der Waals surface area contributed by atoms with Crippen molar-refractivity contribution in [2.24, 2.45) is 0 Å². The summed E-state index contributed by atoms with van der Waals surface area (Å²) < 4.78 is 10.3. The van der Waals surface area contributed by atoms with Crippen molar-refractivity contribution in [3.63, 3.8) is 0 Å². The molecule has 0 aliphatic carbocycles. The Bertz CT molecular complexity index is 738. The van der Waals surface area contributed by atoms with Gasteiger partial charge in [0.25, 0.3) is 5.91 Å². The number of nitrogens with zero attached hydrogens (tertiary/aromatic N) is 1. The summed E-state index contributed by atoms with van der Waals surface area (Å²) in [5.41, 5.74) is 0.227. The minimum absolute atomic E-state index is 0.173. The molecule has 8 nitrogen and oxygen atoms in total. The van der Waals surface area contributed by atoms with Gasteiger partial charge in [0.05, 0.1) is 38.3 Å². The maximum Gasteiger partial charge on any atom is 0.290 e. The number of aliphatic carboxylic acids is 1. The summed E-state index contributed by atoms with van der Waals surface area (Å²) in [6.07, 6.45) is 0. The molecule has 2 rings (SSSR count). The number of rotatable bonds is 6. The lowest BCUT2D eigenvalue weighted by Gasteiger charge is -2.27. The Morgan fingerprint density at radius 2 is 1.88 bits per heavy atom. The number of ether oxygens (including phenoxy) is 2. The highest BCUT2D eigenvalue weighted by Crippen LogP contribution is 2.40. The molecule has 1 atom stereocenters. The van der Waals surface area contributed by atoms with E-state index in [9.17, 15) is 24.6 Å². The van der Waals surface area contributed by atoms with E-state index < -0.39 is 36.0 Å². The lowest BCUT2D eigenvalue weighted by atomic mass is 9.96. The fraction of sp³-hybridized carbons (Fsp3) is 0.312. The molecule has 0 saturated carbocycles. The van der Waals surface area contributed by atoms with E-state index in [1.807, 2.05) is 0 Å². The lowest BCUT2D eigenvalue weighted by molar-refractivity contribution is -0.306. The smallest absolute Gasteiger partial charge is 0.290 e. The molecule has 0 spiro atoms. The van der Waals surface area contributed by atoms with Crippen LogP contribution in [0.5, 0.6) is 11.5 Å². The summed E-state index contributed by atoms with van der Waals surface area (Å²) in [6.45, 7) is 0.424. The molecule has 1 aliphatic rings. The quantitative estimate of drug-likeness (QED) is 0.761. The first-order valence-corrected chi connectivity index (χ1v) is 6.98. The van der Waals surface area contributed by atoms with Crippen molar-refractivity contribution < 1.29 is 34.1 Å². The third-order valence-corrected chi connectivity index (χ3v) is 3.71. The van der Waals surface area contributed by atoms with Gasteiger partial charge in [-0.05, 0) is 24.6 Å². The number of carbonyl (C=O) groups excluding carboxylic acids is 3. The molecule has 0 bridgehead atoms. The van der Waals surface area contributed by atoms with Crippen molar-refractivity contribution >= 4 is 17.7 Å². The molecular formula is C16H16NO7-. The van der Waals surface area contributed by atoms with Gasteiger partial charge in [0, 0.05) is 0 Å². The van der Waals surface area contributed by atoms with Crippen LogP contribution in [0.2, 0.25) is 0 Å². The third kappa shape index (κ3) is 2.90. The van der Waals surface area contributed by atoms with Crippen LogP contribution in [0.3, 0.4) is 0 Å². The Morgan fingerprint density at radius 3 is 2.38 bits per heavy atom. The van der Waals surface area contributed by atoms with Crippen LogP contribution in [-0.2, 0) is 14.4 Å². The van der Waals surface area contributed by atoms with Crippen molar-refractivity contribution in [2.75, 3.05) is 20.8 Å². The van der Waals surface area contributed by atoms with Crippen LogP contribution in [0.25, 0.3) is 0 Å². The number of hydrogen-bond acceptors (Lipinski definition) is 7. The molecule has 8 heteroatoms. The Hall–Kier alpha value is -3.03. The first kappa shape index (κ1) is 17.3. The molecule has 0 fully saturated rings. The van der Waals surface area contributed by atoms with E-state index in [0.29, 0.717) is 17.1 Å². The first-order valence-electron chi connectivity index (χ1n) is 6.98. The third-order valence-electron chi connectivity index (χ3n) is 3.71. The van der Waals surface area contributed by atoms with E-state index in [-0.39, 0.29) is 5.57 Å². The zero-order valence-electron chi connectivity index (χ0n) is 13.4. The van der Waals surface area contributed by atoms with Gasteiger partial charge in [0.2, 0.25) is 0 Å². The van der Waals surface area contributed by atoms with Crippen LogP contribution in [0.15, 0.2) is 29.5 Å². The van der Waals surface area contributed by atoms with E-state index in [4.69, 9.17) is 9.47 Å². The summed E-state index contributed by atoms with van der Waals surface area (Å²) in [6, 6.07) is 3.58. The van der Waals surface area contributed by atoms with Crippen LogP contribution >= 0.6 is 0 Å². The molecule has 1 aliphatic heterocycles. The monoisotopic (exact) mass is 334 g/mol. The van der Waals surface area contributed by atoms with Gasteiger partial charge >= 0.3 is 0 Å². The number of aliphatic hydroxyl groups is 1. The minimum Gasteiger partial charge on any atom is -0.548 e. The molecule has 0 radical (unpaired) electrons. The van der Waals surface area contributed by atoms with Crippen LogP contribution < -0.4 is 14.6 Å². The second-order valence-corrected chi connectivity index (χ2v) is 5.14. The Balaban J connectivity index is 2.59. The number of ketones is 1. The van der Waals surface area contributed by atoms with Gasteiger partial charge in [-0.2, -0.15) is 0 Å². The second kappa shape index (κ2) is 6.61. The largest absolute Gasteiger partial charge is 0.548 e. The van der Waals surface area contributed by atoms with Crippen molar-refractivity contribution in [1.82, 2.24) is 4.90 Å². The highest BCUT2D eigenvalue weighted by molar-refractivity contribution is 6.08.